The van der Waals surface area contributed by atoms with Gasteiger partial charge in [-0.15, -0.1) is 0 Å². The average Bonchev–Trinajstić information content (AvgIpc) is 2.47. The number of hydrogen-bond donors (Lipinski definition) is 1. The number of hydrogen-bond acceptors (Lipinski definition) is 7. The van der Waals surface area contributed by atoms with E-state index >= 15 is 0 Å². The molecule has 8 heteroatoms. The van der Waals surface area contributed by atoms with E-state index in [-0.39, 0.29) is 16.4 Å². The van der Waals surface area contributed by atoms with Gasteiger partial charge in [0.1, 0.15) is 10.1 Å². The maximum atomic E-state index is 11.2. The predicted molar refractivity (Wildman–Crippen MR) is 87.6 cm³/mol. The Labute approximate surface area is 143 Å². The minimum absolute atomic E-state index is 0.0387. The van der Waals surface area contributed by atoms with E-state index < -0.39 is 16.2 Å². The Morgan fingerprint density at radius 3 is 2.38 bits per heavy atom. The number of carbonyl (C=O) groups is 1. The van der Waals surface area contributed by atoms with Gasteiger partial charge in [-0.05, 0) is 39.8 Å². The molecule has 1 aliphatic rings. The second kappa shape index (κ2) is 8.57. The molecule has 7 nitrogen and oxygen atoms in total. The normalized spacial score (nSPS) is 19.8. The quantitative estimate of drug-likeness (QED) is 0.640. The molecule has 1 N–H and O–H groups in total. The molecule has 1 atom stereocenters. The van der Waals surface area contributed by atoms with Crippen LogP contribution >= 0.6 is 0 Å². The monoisotopic (exact) mass is 358 g/mol. The number of benzene rings is 1. The van der Waals surface area contributed by atoms with E-state index in [1.807, 2.05) is 20.8 Å². The lowest BCUT2D eigenvalue weighted by Crippen LogP contribution is -2.55. The zero-order valence-corrected chi connectivity index (χ0v) is 15.2. The van der Waals surface area contributed by atoms with E-state index in [1.165, 1.54) is 12.1 Å². The van der Waals surface area contributed by atoms with Crippen molar-refractivity contribution in [2.24, 2.45) is 0 Å². The highest BCUT2D eigenvalue weighted by Gasteiger charge is 2.31. The Morgan fingerprint density at radius 2 is 1.96 bits per heavy atom. The van der Waals surface area contributed by atoms with Crippen molar-refractivity contribution in [2.75, 3.05) is 19.8 Å². The van der Waals surface area contributed by atoms with Crippen LogP contribution in [0, 0.1) is 6.92 Å². The van der Waals surface area contributed by atoms with Crippen molar-refractivity contribution in [3.8, 4) is 0 Å². The summed E-state index contributed by atoms with van der Waals surface area (Å²) < 4.78 is 41.4. The van der Waals surface area contributed by atoms with E-state index in [0.717, 1.165) is 5.56 Å². The van der Waals surface area contributed by atoms with E-state index in [4.69, 9.17) is 9.47 Å². The van der Waals surface area contributed by atoms with Gasteiger partial charge < -0.3 is 19.3 Å². The Kier molecular flexibility index (Phi) is 7.34. The van der Waals surface area contributed by atoms with Gasteiger partial charge >= 0.3 is 5.97 Å². The second-order valence-corrected chi connectivity index (χ2v) is 7.46. The van der Waals surface area contributed by atoms with Crippen molar-refractivity contribution >= 4 is 16.1 Å². The molecule has 1 aromatic carbocycles. The Morgan fingerprint density at radius 1 is 1.38 bits per heavy atom. The first-order valence-corrected chi connectivity index (χ1v) is 9.02. The van der Waals surface area contributed by atoms with Gasteiger partial charge in [-0.2, -0.15) is 0 Å². The number of morpholine rings is 1. The van der Waals surface area contributed by atoms with Gasteiger partial charge in [-0.25, -0.2) is 13.2 Å². The van der Waals surface area contributed by atoms with Crippen LogP contribution < -0.4 is 5.32 Å². The van der Waals surface area contributed by atoms with Gasteiger partial charge in [0, 0.05) is 12.1 Å². The molecule has 24 heavy (non-hydrogen) atoms. The number of ether oxygens (including phenoxy) is 2. The largest absolute Gasteiger partial charge is 0.744 e. The smallest absolute Gasteiger partial charge is 0.336 e. The summed E-state index contributed by atoms with van der Waals surface area (Å²) in [5, 5.41) is 3.22. The van der Waals surface area contributed by atoms with Gasteiger partial charge in [0.15, 0.2) is 6.10 Å². The topological polar surface area (TPSA) is 105 Å². The van der Waals surface area contributed by atoms with E-state index in [0.29, 0.717) is 19.8 Å². The SMILES string of the molecule is CCOC(=O)C1CNC(C)(C)CO1.Cc1ccc(S(=O)(=O)[O-])cc1. The van der Waals surface area contributed by atoms with Gasteiger partial charge in [0.05, 0.1) is 18.1 Å². The van der Waals surface area contributed by atoms with E-state index in [2.05, 4.69) is 5.32 Å². The number of nitrogens with one attached hydrogen (secondary N) is 1. The van der Waals surface area contributed by atoms with E-state index in [1.54, 1.807) is 19.1 Å². The van der Waals surface area contributed by atoms with Crippen molar-refractivity contribution in [1.82, 2.24) is 5.32 Å². The molecular formula is C16H24NO6S-. The Bertz CT molecular complexity index is 629. The maximum absolute atomic E-state index is 11.2. The third-order valence-electron chi connectivity index (χ3n) is 3.27. The van der Waals surface area contributed by atoms with Crippen LogP contribution in [0.15, 0.2) is 29.2 Å². The average molecular weight is 358 g/mol. The molecule has 0 saturated carbocycles. The van der Waals surface area contributed by atoms with Crippen LogP contribution in [0.25, 0.3) is 0 Å². The highest BCUT2D eigenvalue weighted by molar-refractivity contribution is 7.85. The molecule has 2 rings (SSSR count). The van der Waals surface area contributed by atoms with Crippen LogP contribution in [0.1, 0.15) is 26.3 Å². The van der Waals surface area contributed by atoms with Crippen molar-refractivity contribution in [3.63, 3.8) is 0 Å². The molecule has 0 amide bonds. The minimum atomic E-state index is -4.27. The molecule has 0 aromatic heterocycles. The van der Waals surface area contributed by atoms with Crippen LogP contribution in [0.3, 0.4) is 0 Å². The summed E-state index contributed by atoms with van der Waals surface area (Å²) in [6.45, 7) is 9.16. The highest BCUT2D eigenvalue weighted by Crippen LogP contribution is 2.11. The van der Waals surface area contributed by atoms with Crippen LogP contribution in [-0.2, 0) is 24.4 Å². The molecule has 0 bridgehead atoms. The maximum Gasteiger partial charge on any atom is 0.336 e. The zero-order chi connectivity index (χ0) is 18.4. The summed E-state index contributed by atoms with van der Waals surface area (Å²) in [6.07, 6.45) is -0.437. The Balaban J connectivity index is 0.000000243. The molecule has 1 aliphatic heterocycles. The fourth-order valence-corrected chi connectivity index (χ4v) is 2.35. The van der Waals surface area contributed by atoms with Crippen molar-refractivity contribution < 1.29 is 27.2 Å². The molecule has 1 unspecified atom stereocenters. The summed E-state index contributed by atoms with van der Waals surface area (Å²) in [7, 11) is -4.27. The van der Waals surface area contributed by atoms with Crippen LogP contribution in [0.5, 0.6) is 0 Å². The molecule has 0 radical (unpaired) electrons. The summed E-state index contributed by atoms with van der Waals surface area (Å²) in [6, 6.07) is 5.78. The first kappa shape index (κ1) is 20.6. The molecular weight excluding hydrogens is 334 g/mol. The van der Waals surface area contributed by atoms with Gasteiger partial charge in [0.2, 0.25) is 0 Å². The molecule has 0 spiro atoms. The summed E-state index contributed by atoms with van der Waals surface area (Å²) >= 11 is 0. The number of esters is 1. The zero-order valence-electron chi connectivity index (χ0n) is 14.4. The number of aryl methyl sites for hydroxylation is 1. The van der Waals surface area contributed by atoms with Crippen LogP contribution in [0.2, 0.25) is 0 Å². The fraction of sp³-hybridized carbons (Fsp3) is 0.562. The first-order chi connectivity index (χ1) is 11.0. The van der Waals surface area contributed by atoms with Crippen molar-refractivity contribution in [3.05, 3.63) is 29.8 Å². The standard InChI is InChI=1S/C9H17NO3.C7H8O3S/c1-4-12-8(11)7-5-10-9(2,3)6-13-7;1-6-2-4-7(5-3-6)11(8,9)10/h7,10H,4-6H2,1-3H3;2-5H,1H3,(H,8,9,10)/p-1. The third kappa shape index (κ3) is 6.96. The summed E-state index contributed by atoms with van der Waals surface area (Å²) in [5.41, 5.74) is 0.889. The summed E-state index contributed by atoms with van der Waals surface area (Å²) in [4.78, 5) is 11.0. The lowest BCUT2D eigenvalue weighted by Gasteiger charge is -2.34. The third-order valence-corrected chi connectivity index (χ3v) is 4.12. The Hall–Kier alpha value is -1.48. The second-order valence-electron chi connectivity index (χ2n) is 6.08. The summed E-state index contributed by atoms with van der Waals surface area (Å²) in [5.74, 6) is -0.273. The lowest BCUT2D eigenvalue weighted by molar-refractivity contribution is -0.161. The van der Waals surface area contributed by atoms with Crippen molar-refractivity contribution in [2.45, 2.75) is 44.2 Å². The highest BCUT2D eigenvalue weighted by atomic mass is 32.2. The van der Waals surface area contributed by atoms with Gasteiger partial charge in [-0.3, -0.25) is 0 Å². The molecule has 1 saturated heterocycles. The molecule has 0 aliphatic carbocycles. The molecule has 1 fully saturated rings. The number of carbonyl (C=O) groups excluding carboxylic acids is 1. The van der Waals surface area contributed by atoms with E-state index in [9.17, 15) is 17.8 Å². The van der Waals surface area contributed by atoms with Gasteiger partial charge in [-0.1, -0.05) is 17.7 Å². The molecule has 1 aromatic rings. The first-order valence-electron chi connectivity index (χ1n) is 7.61. The molecule has 136 valence electrons. The van der Waals surface area contributed by atoms with Crippen LogP contribution in [0.4, 0.5) is 0 Å². The van der Waals surface area contributed by atoms with Gasteiger partial charge in [0.25, 0.3) is 0 Å². The fourth-order valence-electron chi connectivity index (χ4n) is 1.88. The van der Waals surface area contributed by atoms with Crippen LogP contribution in [-0.4, -0.2) is 50.3 Å². The molecule has 1 heterocycles. The number of rotatable bonds is 3. The predicted octanol–water partition coefficient (Wildman–Crippen LogP) is 1.22. The minimum Gasteiger partial charge on any atom is -0.744 e. The van der Waals surface area contributed by atoms with Crippen molar-refractivity contribution in [1.29, 1.82) is 0 Å². The lowest BCUT2D eigenvalue weighted by atomic mass is 10.0.